The van der Waals surface area contributed by atoms with Crippen molar-refractivity contribution in [1.82, 2.24) is 14.4 Å². The summed E-state index contributed by atoms with van der Waals surface area (Å²) in [6.07, 6.45) is 5.54. The molecule has 144 valence electrons. The lowest BCUT2D eigenvalue weighted by Gasteiger charge is -2.38. The first kappa shape index (κ1) is 17.1. The molecule has 1 aromatic carbocycles. The van der Waals surface area contributed by atoms with Gasteiger partial charge in [-0.1, -0.05) is 12.1 Å². The molecule has 2 aliphatic heterocycles. The van der Waals surface area contributed by atoms with Crippen molar-refractivity contribution in [3.8, 4) is 5.75 Å². The molecule has 3 aromatic rings. The second-order valence-electron chi connectivity index (χ2n) is 7.54. The average Bonchev–Trinajstić information content (AvgIpc) is 3.46. The molecule has 4 heterocycles. The first-order valence-electron chi connectivity index (χ1n) is 9.57. The van der Waals surface area contributed by atoms with Crippen molar-refractivity contribution in [3.05, 3.63) is 78.0 Å². The Labute approximate surface area is 163 Å². The predicted octanol–water partition coefficient (Wildman–Crippen LogP) is 3.17. The molecule has 1 fully saturated rings. The molecule has 0 saturated carbocycles. The molecule has 28 heavy (non-hydrogen) atoms. The number of rotatable bonds is 5. The molecular formula is C22H23N3O3. The number of amides is 1. The number of carbonyl (C=O) groups is 1. The van der Waals surface area contributed by atoms with Crippen LogP contribution in [0.5, 0.6) is 5.75 Å². The Hall–Kier alpha value is -2.99. The lowest BCUT2D eigenvalue weighted by atomic mass is 10.0. The van der Waals surface area contributed by atoms with Gasteiger partial charge in [-0.3, -0.25) is 9.69 Å². The first-order valence-corrected chi connectivity index (χ1v) is 9.57. The molecule has 6 heteroatoms. The van der Waals surface area contributed by atoms with E-state index in [1.54, 1.807) is 19.6 Å². The zero-order chi connectivity index (χ0) is 19.1. The van der Waals surface area contributed by atoms with Crippen LogP contribution in [0, 0.1) is 0 Å². The van der Waals surface area contributed by atoms with Crippen molar-refractivity contribution in [3.63, 3.8) is 0 Å². The smallest absolute Gasteiger partial charge is 0.271 e. The highest BCUT2D eigenvalue weighted by atomic mass is 16.5. The van der Waals surface area contributed by atoms with Crippen LogP contribution in [0.4, 0.5) is 0 Å². The standard InChI is InChI=1S/C22H23N3O3/c1-27-18-6-4-16(5-7-18)12-25-21-14-23(11-17-8-10-28-15-17)13-20(21)24-9-2-3-19(24)22(25)26/h2-10,15,20-21H,11-14H2,1H3. The van der Waals surface area contributed by atoms with E-state index in [-0.39, 0.29) is 18.0 Å². The molecule has 5 rings (SSSR count). The summed E-state index contributed by atoms with van der Waals surface area (Å²) >= 11 is 0. The number of methoxy groups -OCH3 is 1. The fourth-order valence-corrected chi connectivity index (χ4v) is 4.48. The van der Waals surface area contributed by atoms with E-state index in [0.717, 1.165) is 36.6 Å². The molecule has 0 bridgehead atoms. The van der Waals surface area contributed by atoms with Gasteiger partial charge in [-0.25, -0.2) is 0 Å². The van der Waals surface area contributed by atoms with Crippen molar-refractivity contribution < 1.29 is 13.9 Å². The van der Waals surface area contributed by atoms with Gasteiger partial charge in [-0.05, 0) is 35.9 Å². The number of fused-ring (bicyclic) bond motifs is 3. The molecular weight excluding hydrogens is 354 g/mol. The van der Waals surface area contributed by atoms with Crippen LogP contribution in [0.3, 0.4) is 0 Å². The molecule has 0 radical (unpaired) electrons. The SMILES string of the molecule is COc1ccc(CN2C(=O)c3cccn3C3CN(Cc4ccoc4)CC32)cc1. The van der Waals surface area contributed by atoms with Crippen molar-refractivity contribution >= 4 is 5.91 Å². The molecule has 1 amide bonds. The topological polar surface area (TPSA) is 50.9 Å². The van der Waals surface area contributed by atoms with E-state index in [0.29, 0.717) is 6.54 Å². The summed E-state index contributed by atoms with van der Waals surface area (Å²) in [5.74, 6) is 0.930. The summed E-state index contributed by atoms with van der Waals surface area (Å²) in [4.78, 5) is 17.7. The molecule has 2 atom stereocenters. The van der Waals surface area contributed by atoms with E-state index < -0.39 is 0 Å². The van der Waals surface area contributed by atoms with Crippen LogP contribution in [0.25, 0.3) is 0 Å². The lowest BCUT2D eigenvalue weighted by Crippen LogP contribution is -2.49. The van der Waals surface area contributed by atoms with E-state index in [2.05, 4.69) is 9.47 Å². The number of likely N-dealkylation sites (tertiary alicyclic amines) is 1. The quantitative estimate of drug-likeness (QED) is 0.685. The third-order valence-corrected chi connectivity index (χ3v) is 5.85. The van der Waals surface area contributed by atoms with Crippen LogP contribution >= 0.6 is 0 Å². The summed E-state index contributed by atoms with van der Waals surface area (Å²) in [6.45, 7) is 3.22. The van der Waals surface area contributed by atoms with E-state index in [1.165, 1.54) is 5.56 Å². The Morgan fingerprint density at radius 3 is 2.61 bits per heavy atom. The number of nitrogens with zero attached hydrogens (tertiary/aromatic N) is 3. The van der Waals surface area contributed by atoms with Gasteiger partial charge in [0.15, 0.2) is 0 Å². The zero-order valence-corrected chi connectivity index (χ0v) is 15.8. The Kier molecular flexibility index (Phi) is 4.20. The molecule has 2 aliphatic rings. The summed E-state index contributed by atoms with van der Waals surface area (Å²) < 4.78 is 12.6. The summed E-state index contributed by atoms with van der Waals surface area (Å²) in [6, 6.07) is 14.3. The van der Waals surface area contributed by atoms with Crippen LogP contribution in [-0.4, -0.2) is 46.5 Å². The van der Waals surface area contributed by atoms with Gasteiger partial charge in [-0.15, -0.1) is 0 Å². The second-order valence-corrected chi connectivity index (χ2v) is 7.54. The maximum Gasteiger partial charge on any atom is 0.271 e. The van der Waals surface area contributed by atoms with Crippen molar-refractivity contribution in [2.45, 2.75) is 25.2 Å². The Balaban J connectivity index is 1.42. The number of ether oxygens (including phenoxy) is 1. The van der Waals surface area contributed by atoms with Gasteiger partial charge in [0.2, 0.25) is 0 Å². The number of hydrogen-bond acceptors (Lipinski definition) is 4. The lowest BCUT2D eigenvalue weighted by molar-refractivity contribution is 0.0556. The maximum absolute atomic E-state index is 13.2. The van der Waals surface area contributed by atoms with Crippen LogP contribution in [0.1, 0.15) is 27.7 Å². The van der Waals surface area contributed by atoms with Gasteiger partial charge in [-0.2, -0.15) is 0 Å². The minimum atomic E-state index is 0.104. The van der Waals surface area contributed by atoms with Gasteiger partial charge >= 0.3 is 0 Å². The Morgan fingerprint density at radius 2 is 1.86 bits per heavy atom. The number of benzene rings is 1. The molecule has 0 aliphatic carbocycles. The molecule has 0 spiro atoms. The van der Waals surface area contributed by atoms with Crippen LogP contribution in [-0.2, 0) is 13.1 Å². The van der Waals surface area contributed by atoms with Gasteiger partial charge in [0, 0.05) is 37.9 Å². The Bertz CT molecular complexity index is 961. The fourth-order valence-electron chi connectivity index (χ4n) is 4.48. The van der Waals surface area contributed by atoms with Crippen molar-refractivity contribution in [1.29, 1.82) is 0 Å². The third kappa shape index (κ3) is 2.90. The van der Waals surface area contributed by atoms with Gasteiger partial charge in [0.25, 0.3) is 5.91 Å². The molecule has 1 saturated heterocycles. The molecule has 0 N–H and O–H groups in total. The fraction of sp³-hybridized carbons (Fsp3) is 0.318. The molecule has 2 aromatic heterocycles. The number of carbonyl (C=O) groups excluding carboxylic acids is 1. The highest BCUT2D eigenvalue weighted by molar-refractivity contribution is 5.94. The summed E-state index contributed by atoms with van der Waals surface area (Å²) in [5, 5.41) is 0. The molecule has 6 nitrogen and oxygen atoms in total. The van der Waals surface area contributed by atoms with E-state index in [4.69, 9.17) is 9.15 Å². The van der Waals surface area contributed by atoms with Crippen LogP contribution in [0.15, 0.2) is 65.6 Å². The minimum absolute atomic E-state index is 0.104. The summed E-state index contributed by atoms with van der Waals surface area (Å²) in [7, 11) is 1.66. The van der Waals surface area contributed by atoms with E-state index in [9.17, 15) is 4.79 Å². The van der Waals surface area contributed by atoms with Crippen LogP contribution < -0.4 is 4.74 Å². The largest absolute Gasteiger partial charge is 0.497 e. The van der Waals surface area contributed by atoms with Crippen molar-refractivity contribution in [2.75, 3.05) is 20.2 Å². The van der Waals surface area contributed by atoms with Crippen molar-refractivity contribution in [2.24, 2.45) is 0 Å². The number of furan rings is 1. The van der Waals surface area contributed by atoms with Gasteiger partial charge in [0.1, 0.15) is 11.4 Å². The van der Waals surface area contributed by atoms with Gasteiger partial charge < -0.3 is 18.6 Å². The van der Waals surface area contributed by atoms with Crippen LogP contribution in [0.2, 0.25) is 0 Å². The first-order chi connectivity index (χ1) is 13.7. The third-order valence-electron chi connectivity index (χ3n) is 5.85. The highest BCUT2D eigenvalue weighted by Gasteiger charge is 2.44. The number of hydrogen-bond donors (Lipinski definition) is 0. The highest BCUT2D eigenvalue weighted by Crippen LogP contribution is 2.35. The normalized spacial score (nSPS) is 21.6. The van der Waals surface area contributed by atoms with E-state index in [1.807, 2.05) is 53.6 Å². The predicted molar refractivity (Wildman–Crippen MR) is 104 cm³/mol. The Morgan fingerprint density at radius 1 is 1.04 bits per heavy atom. The average molecular weight is 377 g/mol. The van der Waals surface area contributed by atoms with E-state index >= 15 is 0 Å². The van der Waals surface area contributed by atoms with Gasteiger partial charge in [0.05, 0.1) is 31.7 Å². The minimum Gasteiger partial charge on any atom is -0.497 e. The summed E-state index contributed by atoms with van der Waals surface area (Å²) in [5.41, 5.74) is 3.06. The monoisotopic (exact) mass is 377 g/mol. The second kappa shape index (κ2) is 6.87. The number of aromatic nitrogens is 1. The zero-order valence-electron chi connectivity index (χ0n) is 15.8. The molecule has 2 unspecified atom stereocenters. The maximum atomic E-state index is 13.2.